The zero-order chi connectivity index (χ0) is 25.0. The van der Waals surface area contributed by atoms with Gasteiger partial charge in [0.2, 0.25) is 5.91 Å². The van der Waals surface area contributed by atoms with Gasteiger partial charge in [-0.15, -0.1) is 0 Å². The molecule has 0 saturated heterocycles. The van der Waals surface area contributed by atoms with Gasteiger partial charge in [0, 0.05) is 13.0 Å². The summed E-state index contributed by atoms with van der Waals surface area (Å²) < 4.78 is 5.64. The highest BCUT2D eigenvalue weighted by Crippen LogP contribution is 2.44. The predicted octanol–water partition coefficient (Wildman–Crippen LogP) is 4.94. The molecule has 2 aromatic rings. The van der Waals surface area contributed by atoms with E-state index in [0.717, 1.165) is 47.9 Å². The van der Waals surface area contributed by atoms with E-state index in [9.17, 15) is 19.5 Å². The molecule has 4 rings (SSSR count). The molecule has 1 atom stereocenters. The second-order valence-corrected chi connectivity index (χ2v) is 9.61. The number of likely N-dealkylation sites (N-methyl/N-ethyl adjacent to an activating group) is 1. The quantitative estimate of drug-likeness (QED) is 0.532. The molecule has 7 nitrogen and oxygen atoms in total. The molecule has 0 spiro atoms. The van der Waals surface area contributed by atoms with Crippen molar-refractivity contribution in [1.82, 2.24) is 10.2 Å². The average molecular weight is 479 g/mol. The van der Waals surface area contributed by atoms with Gasteiger partial charge in [-0.25, -0.2) is 9.59 Å². The van der Waals surface area contributed by atoms with Gasteiger partial charge < -0.3 is 20.1 Å². The number of amides is 2. The molecule has 0 aliphatic heterocycles. The maximum atomic E-state index is 13.4. The zero-order valence-corrected chi connectivity index (χ0v) is 20.5. The summed E-state index contributed by atoms with van der Waals surface area (Å²) in [6, 6.07) is 15.4. The largest absolute Gasteiger partial charge is 0.479 e. The first-order valence-corrected chi connectivity index (χ1v) is 12.5. The van der Waals surface area contributed by atoms with Crippen LogP contribution in [0.1, 0.15) is 68.9 Å². The number of carboxylic acid groups (broad SMARTS) is 1. The fourth-order valence-electron chi connectivity index (χ4n) is 5.55. The molecule has 2 amide bonds. The van der Waals surface area contributed by atoms with Gasteiger partial charge >= 0.3 is 12.1 Å². The molecule has 0 aromatic heterocycles. The molecular formula is C28H34N2O5. The number of fused-ring (bicyclic) bond motifs is 3. The lowest BCUT2D eigenvalue weighted by molar-refractivity contribution is -0.158. The van der Waals surface area contributed by atoms with Gasteiger partial charge in [0.05, 0.1) is 0 Å². The van der Waals surface area contributed by atoms with Crippen LogP contribution in [0.25, 0.3) is 11.1 Å². The van der Waals surface area contributed by atoms with E-state index in [-0.39, 0.29) is 18.4 Å². The number of carboxylic acids is 1. The number of nitrogens with zero attached hydrogens (tertiary/aromatic N) is 1. The Morgan fingerprint density at radius 2 is 1.63 bits per heavy atom. The highest BCUT2D eigenvalue weighted by atomic mass is 16.5. The van der Waals surface area contributed by atoms with Gasteiger partial charge in [-0.1, -0.05) is 81.1 Å². The maximum Gasteiger partial charge on any atom is 0.407 e. The van der Waals surface area contributed by atoms with Crippen LogP contribution >= 0.6 is 0 Å². The third kappa shape index (κ3) is 4.77. The highest BCUT2D eigenvalue weighted by molar-refractivity contribution is 5.91. The summed E-state index contributed by atoms with van der Waals surface area (Å²) in [5.74, 6) is -1.44. The second-order valence-electron chi connectivity index (χ2n) is 9.61. The lowest BCUT2D eigenvalue weighted by atomic mass is 9.94. The van der Waals surface area contributed by atoms with Crippen molar-refractivity contribution in [3.05, 3.63) is 59.7 Å². The second kappa shape index (κ2) is 10.5. The molecular weight excluding hydrogens is 444 g/mol. The van der Waals surface area contributed by atoms with Crippen LogP contribution in [0.4, 0.5) is 4.79 Å². The molecule has 2 aromatic carbocycles. The van der Waals surface area contributed by atoms with Crippen LogP contribution in [0.15, 0.2) is 48.5 Å². The predicted molar refractivity (Wildman–Crippen MR) is 133 cm³/mol. The normalized spacial score (nSPS) is 16.7. The van der Waals surface area contributed by atoms with E-state index in [0.29, 0.717) is 19.3 Å². The molecule has 0 unspecified atom stereocenters. The first-order valence-electron chi connectivity index (χ1n) is 12.5. The van der Waals surface area contributed by atoms with Crippen LogP contribution in [0.2, 0.25) is 0 Å². The first kappa shape index (κ1) is 24.8. The molecule has 2 aliphatic carbocycles. The number of carbonyl (C=O) groups is 3. The minimum Gasteiger partial charge on any atom is -0.479 e. The van der Waals surface area contributed by atoms with Crippen molar-refractivity contribution in [2.24, 2.45) is 0 Å². The Bertz CT molecular complexity index is 1050. The standard InChI is InChI=1S/C28H34N2O5/c1-3-4-15-24(25(31)30(2)28(26(32)33)16-9-10-17-28)29-27(34)35-18-23-21-13-7-5-11-19(21)20-12-6-8-14-22(20)23/h5-8,11-14,23-24H,3-4,9-10,15-18H2,1-2H3,(H,29,34)(H,32,33)/t24-/m0/s1. The third-order valence-electron chi connectivity index (χ3n) is 7.58. The Balaban J connectivity index is 1.45. The van der Waals surface area contributed by atoms with Crippen molar-refractivity contribution in [3.63, 3.8) is 0 Å². The minimum atomic E-state index is -1.20. The summed E-state index contributed by atoms with van der Waals surface area (Å²) >= 11 is 0. The van der Waals surface area contributed by atoms with Gasteiger partial charge in [-0.2, -0.15) is 0 Å². The molecule has 0 heterocycles. The van der Waals surface area contributed by atoms with E-state index in [1.807, 2.05) is 31.2 Å². The maximum absolute atomic E-state index is 13.4. The van der Waals surface area contributed by atoms with Crippen LogP contribution in [0, 0.1) is 0 Å². The lowest BCUT2D eigenvalue weighted by Gasteiger charge is -2.37. The van der Waals surface area contributed by atoms with Gasteiger partial charge in [0.15, 0.2) is 0 Å². The zero-order valence-electron chi connectivity index (χ0n) is 20.5. The minimum absolute atomic E-state index is 0.0746. The van der Waals surface area contributed by atoms with Crippen molar-refractivity contribution in [3.8, 4) is 11.1 Å². The number of benzene rings is 2. The lowest BCUT2D eigenvalue weighted by Crippen LogP contribution is -2.58. The van der Waals surface area contributed by atoms with Crippen LogP contribution in [-0.4, -0.2) is 53.2 Å². The molecule has 35 heavy (non-hydrogen) atoms. The van der Waals surface area contributed by atoms with E-state index < -0.39 is 23.6 Å². The van der Waals surface area contributed by atoms with E-state index in [1.54, 1.807) is 7.05 Å². The van der Waals surface area contributed by atoms with Crippen LogP contribution in [-0.2, 0) is 14.3 Å². The fourth-order valence-corrected chi connectivity index (χ4v) is 5.55. The summed E-state index contributed by atoms with van der Waals surface area (Å²) in [5.41, 5.74) is 3.31. The number of aliphatic carboxylic acids is 1. The van der Waals surface area contributed by atoms with Gasteiger partial charge in [0.25, 0.3) is 0 Å². The Hall–Kier alpha value is -3.35. The summed E-state index contributed by atoms with van der Waals surface area (Å²) in [4.78, 5) is 39.6. The monoisotopic (exact) mass is 478 g/mol. The van der Waals surface area contributed by atoms with Crippen molar-refractivity contribution in [2.75, 3.05) is 13.7 Å². The molecule has 0 radical (unpaired) electrons. The molecule has 0 bridgehead atoms. The average Bonchev–Trinajstić information content (AvgIpc) is 3.49. The third-order valence-corrected chi connectivity index (χ3v) is 7.58. The van der Waals surface area contributed by atoms with Crippen molar-refractivity contribution < 1.29 is 24.2 Å². The van der Waals surface area contributed by atoms with Crippen molar-refractivity contribution >= 4 is 18.0 Å². The van der Waals surface area contributed by atoms with Crippen molar-refractivity contribution in [2.45, 2.75) is 69.4 Å². The fraction of sp³-hybridized carbons (Fsp3) is 0.464. The van der Waals surface area contributed by atoms with Crippen molar-refractivity contribution in [1.29, 1.82) is 0 Å². The molecule has 2 aliphatic rings. The Morgan fingerprint density at radius 3 is 2.17 bits per heavy atom. The summed E-state index contributed by atoms with van der Waals surface area (Å²) in [7, 11) is 1.54. The summed E-state index contributed by atoms with van der Waals surface area (Å²) in [6.07, 6.45) is 3.74. The van der Waals surface area contributed by atoms with E-state index >= 15 is 0 Å². The Kier molecular flexibility index (Phi) is 7.43. The van der Waals surface area contributed by atoms with Crippen LogP contribution in [0.3, 0.4) is 0 Å². The van der Waals surface area contributed by atoms with Gasteiger partial charge in [0.1, 0.15) is 18.2 Å². The molecule has 1 saturated carbocycles. The van der Waals surface area contributed by atoms with Crippen LogP contribution in [0.5, 0.6) is 0 Å². The highest BCUT2D eigenvalue weighted by Gasteiger charge is 2.48. The van der Waals surface area contributed by atoms with E-state index in [2.05, 4.69) is 29.6 Å². The first-order chi connectivity index (χ1) is 16.9. The Labute approximate surface area is 206 Å². The van der Waals surface area contributed by atoms with E-state index in [4.69, 9.17) is 4.74 Å². The smallest absolute Gasteiger partial charge is 0.407 e. The number of rotatable bonds is 9. The molecule has 186 valence electrons. The number of hydrogen-bond acceptors (Lipinski definition) is 4. The van der Waals surface area contributed by atoms with Gasteiger partial charge in [-0.05, 0) is 41.5 Å². The number of nitrogens with one attached hydrogen (secondary N) is 1. The van der Waals surface area contributed by atoms with E-state index in [1.165, 1.54) is 4.90 Å². The Morgan fingerprint density at radius 1 is 1.06 bits per heavy atom. The SMILES string of the molecule is CCCC[C@H](NC(=O)OCC1c2ccccc2-c2ccccc21)C(=O)N(C)C1(C(=O)O)CCCC1. The number of hydrogen-bond donors (Lipinski definition) is 2. The van der Waals surface area contributed by atoms with Gasteiger partial charge in [-0.3, -0.25) is 4.79 Å². The molecule has 1 fully saturated rings. The number of alkyl carbamates (subject to hydrolysis) is 1. The molecule has 7 heteroatoms. The summed E-state index contributed by atoms with van der Waals surface area (Å²) in [5, 5.41) is 12.6. The number of carbonyl (C=O) groups excluding carboxylic acids is 2. The number of unbranched alkanes of at least 4 members (excludes halogenated alkanes) is 1. The number of ether oxygens (including phenoxy) is 1. The topological polar surface area (TPSA) is 95.9 Å². The summed E-state index contributed by atoms with van der Waals surface area (Å²) in [6.45, 7) is 2.16. The van der Waals surface area contributed by atoms with Crippen LogP contribution < -0.4 is 5.32 Å². The molecule has 2 N–H and O–H groups in total.